The lowest BCUT2D eigenvalue weighted by Gasteiger charge is -2.32. The van der Waals surface area contributed by atoms with E-state index in [-0.39, 0.29) is 15.6 Å². The lowest BCUT2D eigenvalue weighted by atomic mass is 9.86. The first kappa shape index (κ1) is 20.1. The molecular formula is C19H14Cl2F3NOS. The summed E-state index contributed by atoms with van der Waals surface area (Å²) in [4.78, 5) is 5.50. The van der Waals surface area contributed by atoms with Gasteiger partial charge in [0.2, 0.25) is 0 Å². The monoisotopic (exact) mass is 431 g/mol. The highest BCUT2D eigenvalue weighted by molar-refractivity contribution is 7.19. The van der Waals surface area contributed by atoms with Crippen LogP contribution < -0.4 is 0 Å². The number of pyridine rings is 1. The minimum Gasteiger partial charge on any atom is -0.376 e. The number of aromatic nitrogens is 1. The molecule has 3 aromatic rings. The number of benzene rings is 1. The van der Waals surface area contributed by atoms with Crippen molar-refractivity contribution >= 4 is 50.3 Å². The van der Waals surface area contributed by atoms with Gasteiger partial charge in [0.15, 0.2) is 5.60 Å². The summed E-state index contributed by atoms with van der Waals surface area (Å²) in [6.07, 6.45) is -4.08. The van der Waals surface area contributed by atoms with Gasteiger partial charge in [-0.3, -0.25) is 0 Å². The second-order valence-electron chi connectivity index (χ2n) is 6.21. The van der Waals surface area contributed by atoms with Gasteiger partial charge in [-0.25, -0.2) is 4.98 Å². The fourth-order valence-electron chi connectivity index (χ4n) is 2.94. The van der Waals surface area contributed by atoms with E-state index >= 15 is 0 Å². The Hall–Kier alpha value is -1.60. The van der Waals surface area contributed by atoms with E-state index < -0.39 is 23.8 Å². The number of thiophene rings is 1. The standard InChI is InChI=1S/C19H14Cl2F3NOS/c1-10(16-11(2)15-4-3-5-25-17(15)27-16)9-18(26,19(22,23)24)12-6-13(20)8-14(21)7-12/h3-8,26H,1,9H2,2H3. The number of aryl methyl sites for hydroxylation is 1. The number of hydrogen-bond acceptors (Lipinski definition) is 3. The van der Waals surface area contributed by atoms with Gasteiger partial charge in [-0.15, -0.1) is 11.3 Å². The van der Waals surface area contributed by atoms with Crippen LogP contribution in [-0.4, -0.2) is 16.3 Å². The van der Waals surface area contributed by atoms with Gasteiger partial charge in [0, 0.05) is 32.9 Å². The SMILES string of the molecule is C=C(CC(O)(c1cc(Cl)cc(Cl)c1)C(F)(F)F)c1sc2ncccc2c1C. The fraction of sp³-hybridized carbons (Fsp3) is 0.211. The second kappa shape index (κ2) is 7.09. The zero-order valence-electron chi connectivity index (χ0n) is 14.1. The van der Waals surface area contributed by atoms with E-state index in [1.54, 1.807) is 19.2 Å². The Labute approximate surface area is 167 Å². The van der Waals surface area contributed by atoms with Gasteiger partial charge < -0.3 is 5.11 Å². The van der Waals surface area contributed by atoms with Crippen molar-refractivity contribution < 1.29 is 18.3 Å². The maximum atomic E-state index is 13.8. The Kier molecular flexibility index (Phi) is 5.29. The lowest BCUT2D eigenvalue weighted by molar-refractivity contribution is -0.264. The Morgan fingerprint density at radius 3 is 2.41 bits per heavy atom. The first-order chi connectivity index (χ1) is 12.5. The highest BCUT2D eigenvalue weighted by Gasteiger charge is 2.55. The molecule has 1 aromatic carbocycles. The van der Waals surface area contributed by atoms with Crippen molar-refractivity contribution in [2.75, 3.05) is 0 Å². The maximum absolute atomic E-state index is 13.8. The highest BCUT2D eigenvalue weighted by Crippen LogP contribution is 2.47. The van der Waals surface area contributed by atoms with Crippen molar-refractivity contribution in [1.29, 1.82) is 0 Å². The molecule has 2 heterocycles. The van der Waals surface area contributed by atoms with E-state index in [9.17, 15) is 18.3 Å². The number of halogens is 5. The van der Waals surface area contributed by atoms with E-state index in [1.165, 1.54) is 17.4 Å². The summed E-state index contributed by atoms with van der Waals surface area (Å²) < 4.78 is 41.5. The van der Waals surface area contributed by atoms with Crippen LogP contribution in [0.15, 0.2) is 43.1 Å². The molecule has 0 saturated carbocycles. The van der Waals surface area contributed by atoms with Gasteiger partial charge >= 0.3 is 6.18 Å². The molecule has 3 rings (SSSR count). The summed E-state index contributed by atoms with van der Waals surface area (Å²) in [5.74, 6) is 0. The Morgan fingerprint density at radius 2 is 1.85 bits per heavy atom. The first-order valence-electron chi connectivity index (χ1n) is 7.81. The average molecular weight is 432 g/mol. The number of fused-ring (bicyclic) bond motifs is 1. The molecule has 2 nitrogen and oxygen atoms in total. The molecule has 1 unspecified atom stereocenters. The van der Waals surface area contributed by atoms with Gasteiger partial charge in [-0.1, -0.05) is 35.8 Å². The predicted octanol–water partition coefficient (Wildman–Crippen LogP) is 6.76. The first-order valence-corrected chi connectivity index (χ1v) is 9.38. The summed E-state index contributed by atoms with van der Waals surface area (Å²) in [6, 6.07) is 7.04. The zero-order valence-corrected chi connectivity index (χ0v) is 16.4. The fourth-order valence-corrected chi connectivity index (χ4v) is 4.58. The van der Waals surface area contributed by atoms with Crippen LogP contribution in [0.5, 0.6) is 0 Å². The van der Waals surface area contributed by atoms with Crippen LogP contribution in [0.2, 0.25) is 10.0 Å². The topological polar surface area (TPSA) is 33.1 Å². The average Bonchev–Trinajstić information content (AvgIpc) is 2.90. The Bertz CT molecular complexity index is 1010. The van der Waals surface area contributed by atoms with E-state index in [0.29, 0.717) is 9.71 Å². The van der Waals surface area contributed by atoms with Crippen LogP contribution in [-0.2, 0) is 5.60 Å². The van der Waals surface area contributed by atoms with Crippen LogP contribution in [0.3, 0.4) is 0 Å². The van der Waals surface area contributed by atoms with Crippen molar-refractivity contribution in [3.05, 3.63) is 69.2 Å². The number of alkyl halides is 3. The smallest absolute Gasteiger partial charge is 0.376 e. The minimum absolute atomic E-state index is 0.00744. The summed E-state index contributed by atoms with van der Waals surface area (Å²) in [7, 11) is 0. The van der Waals surface area contributed by atoms with Crippen LogP contribution in [0.4, 0.5) is 13.2 Å². The van der Waals surface area contributed by atoms with Crippen molar-refractivity contribution in [2.24, 2.45) is 0 Å². The quantitative estimate of drug-likeness (QED) is 0.494. The molecule has 0 aliphatic rings. The Balaban J connectivity index is 2.06. The summed E-state index contributed by atoms with van der Waals surface area (Å²) in [5, 5.41) is 11.5. The highest BCUT2D eigenvalue weighted by atomic mass is 35.5. The van der Waals surface area contributed by atoms with Crippen LogP contribution in [0.1, 0.15) is 22.4 Å². The third-order valence-electron chi connectivity index (χ3n) is 4.31. The van der Waals surface area contributed by atoms with E-state index in [0.717, 1.165) is 23.1 Å². The van der Waals surface area contributed by atoms with Crippen LogP contribution >= 0.6 is 34.5 Å². The number of rotatable bonds is 4. The summed E-state index contributed by atoms with van der Waals surface area (Å²) in [6.45, 7) is 5.60. The van der Waals surface area contributed by atoms with E-state index in [4.69, 9.17) is 23.2 Å². The van der Waals surface area contributed by atoms with E-state index in [1.807, 2.05) is 6.07 Å². The van der Waals surface area contributed by atoms with Crippen molar-refractivity contribution in [1.82, 2.24) is 4.98 Å². The molecule has 0 saturated heterocycles. The van der Waals surface area contributed by atoms with Gasteiger partial charge in [0.1, 0.15) is 4.83 Å². The molecule has 142 valence electrons. The zero-order chi connectivity index (χ0) is 20.0. The van der Waals surface area contributed by atoms with Gasteiger partial charge in [-0.05, 0) is 47.9 Å². The molecule has 0 radical (unpaired) electrons. The molecule has 8 heteroatoms. The molecule has 0 bridgehead atoms. The minimum atomic E-state index is -4.95. The summed E-state index contributed by atoms with van der Waals surface area (Å²) >= 11 is 12.9. The second-order valence-corrected chi connectivity index (χ2v) is 8.08. The molecule has 1 N–H and O–H groups in total. The van der Waals surface area contributed by atoms with Crippen molar-refractivity contribution in [2.45, 2.75) is 25.1 Å². The maximum Gasteiger partial charge on any atom is 0.421 e. The third kappa shape index (κ3) is 3.72. The van der Waals surface area contributed by atoms with Gasteiger partial charge in [-0.2, -0.15) is 13.2 Å². The van der Waals surface area contributed by atoms with Crippen LogP contribution in [0, 0.1) is 6.92 Å². The Morgan fingerprint density at radius 1 is 1.22 bits per heavy atom. The largest absolute Gasteiger partial charge is 0.421 e. The predicted molar refractivity (Wildman–Crippen MR) is 104 cm³/mol. The van der Waals surface area contributed by atoms with Gasteiger partial charge in [0.05, 0.1) is 0 Å². The summed E-state index contributed by atoms with van der Waals surface area (Å²) in [5.41, 5.74) is -2.66. The number of hydrogen-bond donors (Lipinski definition) is 1. The van der Waals surface area contributed by atoms with Crippen molar-refractivity contribution in [3.63, 3.8) is 0 Å². The lowest BCUT2D eigenvalue weighted by Crippen LogP contribution is -2.42. The molecule has 0 spiro atoms. The van der Waals surface area contributed by atoms with Gasteiger partial charge in [0.25, 0.3) is 0 Å². The van der Waals surface area contributed by atoms with Crippen LogP contribution in [0.25, 0.3) is 15.8 Å². The third-order valence-corrected chi connectivity index (χ3v) is 6.07. The molecule has 27 heavy (non-hydrogen) atoms. The molecule has 0 fully saturated rings. The van der Waals surface area contributed by atoms with E-state index in [2.05, 4.69) is 11.6 Å². The molecular weight excluding hydrogens is 418 g/mol. The normalized spacial score (nSPS) is 14.3. The molecule has 0 aliphatic heterocycles. The molecule has 0 aliphatic carbocycles. The molecule has 0 amide bonds. The molecule has 1 atom stereocenters. The van der Waals surface area contributed by atoms with Crippen molar-refractivity contribution in [3.8, 4) is 0 Å². The number of aliphatic hydroxyl groups is 1. The molecule has 2 aromatic heterocycles. The number of nitrogens with zero attached hydrogens (tertiary/aromatic N) is 1.